The zero-order valence-electron chi connectivity index (χ0n) is 10.4. The molecule has 0 aliphatic carbocycles. The van der Waals surface area contributed by atoms with E-state index in [1.54, 1.807) is 6.20 Å². The Morgan fingerprint density at radius 3 is 2.58 bits per heavy atom. The molecule has 0 aliphatic rings. The summed E-state index contributed by atoms with van der Waals surface area (Å²) < 4.78 is 5.90. The summed E-state index contributed by atoms with van der Waals surface area (Å²) in [7, 11) is 0. The first kappa shape index (κ1) is 12.0. The minimum atomic E-state index is 0.459. The smallest absolute Gasteiger partial charge is 0.140 e. The minimum absolute atomic E-state index is 0.459. The number of fused-ring (bicyclic) bond motifs is 1. The van der Waals surface area contributed by atoms with E-state index in [9.17, 15) is 0 Å². The van der Waals surface area contributed by atoms with Crippen molar-refractivity contribution in [2.45, 2.75) is 6.92 Å². The van der Waals surface area contributed by atoms with Crippen LogP contribution in [0.2, 0.25) is 5.15 Å². The lowest BCUT2D eigenvalue weighted by molar-refractivity contribution is 0.488. The Balaban J connectivity index is 2.08. The summed E-state index contributed by atoms with van der Waals surface area (Å²) in [6.45, 7) is 2.04. The third kappa shape index (κ3) is 2.40. The van der Waals surface area contributed by atoms with Crippen molar-refractivity contribution in [2.75, 3.05) is 0 Å². The van der Waals surface area contributed by atoms with E-state index in [4.69, 9.17) is 16.3 Å². The summed E-state index contributed by atoms with van der Waals surface area (Å²) in [4.78, 5) is 4.11. The third-order valence-electron chi connectivity index (χ3n) is 2.96. The average Bonchev–Trinajstić information content (AvgIpc) is 2.42. The second-order valence-corrected chi connectivity index (χ2v) is 4.73. The van der Waals surface area contributed by atoms with Crippen LogP contribution < -0.4 is 4.74 Å². The Hall–Kier alpha value is -2.06. The van der Waals surface area contributed by atoms with Gasteiger partial charge in [0, 0.05) is 6.20 Å². The van der Waals surface area contributed by atoms with Crippen molar-refractivity contribution in [3.63, 3.8) is 0 Å². The summed E-state index contributed by atoms with van der Waals surface area (Å²) in [6, 6.07) is 15.7. The Morgan fingerprint density at radius 1 is 1.00 bits per heavy atom. The molecular weight excluding hydrogens is 258 g/mol. The molecule has 3 aromatic rings. The van der Waals surface area contributed by atoms with Crippen LogP contribution in [0, 0.1) is 6.92 Å². The topological polar surface area (TPSA) is 22.1 Å². The molecule has 3 rings (SSSR count). The molecule has 3 heteroatoms. The molecule has 2 nitrogen and oxygen atoms in total. The maximum absolute atomic E-state index is 6.16. The number of aryl methyl sites for hydroxylation is 1. The number of hydrogen-bond donors (Lipinski definition) is 0. The molecule has 0 aliphatic heterocycles. The zero-order chi connectivity index (χ0) is 13.2. The van der Waals surface area contributed by atoms with Gasteiger partial charge in [0.2, 0.25) is 0 Å². The van der Waals surface area contributed by atoms with Gasteiger partial charge >= 0.3 is 0 Å². The van der Waals surface area contributed by atoms with Gasteiger partial charge in [-0.1, -0.05) is 41.4 Å². The van der Waals surface area contributed by atoms with Gasteiger partial charge in [-0.15, -0.1) is 0 Å². The van der Waals surface area contributed by atoms with Crippen LogP contribution in [-0.4, -0.2) is 4.98 Å². The molecule has 0 saturated carbocycles. The monoisotopic (exact) mass is 269 g/mol. The standard InChI is InChI=1S/C16H12ClNO/c1-11-5-7-13(8-6-11)19-14-4-2-3-12-9-10-18-16(17)15(12)14/h2-10H,1H3. The maximum Gasteiger partial charge on any atom is 0.140 e. The lowest BCUT2D eigenvalue weighted by atomic mass is 10.1. The van der Waals surface area contributed by atoms with Crippen molar-refractivity contribution in [1.29, 1.82) is 0 Å². The lowest BCUT2D eigenvalue weighted by Gasteiger charge is -2.09. The number of benzene rings is 2. The molecule has 1 aromatic heterocycles. The van der Waals surface area contributed by atoms with Gasteiger partial charge in [0.25, 0.3) is 0 Å². The van der Waals surface area contributed by atoms with Crippen molar-refractivity contribution in [3.05, 3.63) is 65.4 Å². The van der Waals surface area contributed by atoms with Crippen LogP contribution in [0.25, 0.3) is 10.8 Å². The predicted molar refractivity (Wildman–Crippen MR) is 78.0 cm³/mol. The normalized spacial score (nSPS) is 10.6. The Labute approximate surface area is 116 Å². The van der Waals surface area contributed by atoms with Crippen LogP contribution in [0.3, 0.4) is 0 Å². The molecular formula is C16H12ClNO. The molecule has 0 unspecified atom stereocenters. The van der Waals surface area contributed by atoms with Crippen molar-refractivity contribution in [1.82, 2.24) is 4.98 Å². The van der Waals surface area contributed by atoms with Gasteiger partial charge in [-0.2, -0.15) is 0 Å². The fourth-order valence-corrected chi connectivity index (χ4v) is 2.23. The van der Waals surface area contributed by atoms with E-state index >= 15 is 0 Å². The molecule has 19 heavy (non-hydrogen) atoms. The number of ether oxygens (including phenoxy) is 1. The number of pyridine rings is 1. The van der Waals surface area contributed by atoms with Crippen molar-refractivity contribution in [3.8, 4) is 11.5 Å². The molecule has 0 fully saturated rings. The first-order valence-corrected chi connectivity index (χ1v) is 6.39. The Bertz CT molecular complexity index is 717. The summed E-state index contributed by atoms with van der Waals surface area (Å²) in [5.41, 5.74) is 1.20. The van der Waals surface area contributed by atoms with E-state index in [2.05, 4.69) is 4.98 Å². The number of halogens is 1. The van der Waals surface area contributed by atoms with E-state index in [0.29, 0.717) is 5.15 Å². The van der Waals surface area contributed by atoms with Gasteiger partial charge in [0.05, 0.1) is 5.39 Å². The maximum atomic E-state index is 6.16. The van der Waals surface area contributed by atoms with E-state index in [1.807, 2.05) is 55.5 Å². The summed E-state index contributed by atoms with van der Waals surface area (Å²) >= 11 is 6.16. The minimum Gasteiger partial charge on any atom is -0.457 e. The van der Waals surface area contributed by atoms with Gasteiger partial charge in [0.15, 0.2) is 0 Å². The molecule has 0 atom stereocenters. The first-order chi connectivity index (χ1) is 9.24. The highest BCUT2D eigenvalue weighted by Gasteiger charge is 2.07. The second kappa shape index (κ2) is 4.90. The van der Waals surface area contributed by atoms with E-state index in [-0.39, 0.29) is 0 Å². The number of aromatic nitrogens is 1. The predicted octanol–water partition coefficient (Wildman–Crippen LogP) is 4.99. The molecule has 94 valence electrons. The van der Waals surface area contributed by atoms with Crippen LogP contribution in [0.1, 0.15) is 5.56 Å². The molecule has 0 saturated heterocycles. The van der Waals surface area contributed by atoms with Crippen LogP contribution in [0.5, 0.6) is 11.5 Å². The molecule has 0 N–H and O–H groups in total. The third-order valence-corrected chi connectivity index (χ3v) is 3.24. The van der Waals surface area contributed by atoms with Crippen molar-refractivity contribution < 1.29 is 4.74 Å². The summed E-state index contributed by atoms with van der Waals surface area (Å²) in [6.07, 6.45) is 1.69. The lowest BCUT2D eigenvalue weighted by Crippen LogP contribution is -1.88. The number of nitrogens with zero attached hydrogens (tertiary/aromatic N) is 1. The zero-order valence-corrected chi connectivity index (χ0v) is 11.2. The van der Waals surface area contributed by atoms with Crippen LogP contribution in [0.4, 0.5) is 0 Å². The quantitative estimate of drug-likeness (QED) is 0.612. The van der Waals surface area contributed by atoms with Crippen LogP contribution in [0.15, 0.2) is 54.7 Å². The van der Waals surface area contributed by atoms with Gasteiger partial charge in [-0.25, -0.2) is 4.98 Å². The van der Waals surface area contributed by atoms with E-state index in [0.717, 1.165) is 22.3 Å². The number of hydrogen-bond acceptors (Lipinski definition) is 2. The van der Waals surface area contributed by atoms with E-state index in [1.165, 1.54) is 5.56 Å². The molecule has 0 amide bonds. The highest BCUT2D eigenvalue weighted by molar-refractivity contribution is 6.34. The molecule has 0 radical (unpaired) electrons. The first-order valence-electron chi connectivity index (χ1n) is 6.02. The van der Waals surface area contributed by atoms with Crippen molar-refractivity contribution >= 4 is 22.4 Å². The fraction of sp³-hybridized carbons (Fsp3) is 0.0625. The Morgan fingerprint density at radius 2 is 1.79 bits per heavy atom. The Kier molecular flexibility index (Phi) is 3.10. The van der Waals surface area contributed by atoms with Gasteiger partial charge < -0.3 is 4.74 Å². The number of rotatable bonds is 2. The SMILES string of the molecule is Cc1ccc(Oc2cccc3ccnc(Cl)c23)cc1. The highest BCUT2D eigenvalue weighted by atomic mass is 35.5. The van der Waals surface area contributed by atoms with Gasteiger partial charge in [0.1, 0.15) is 16.7 Å². The van der Waals surface area contributed by atoms with Gasteiger partial charge in [-0.05, 0) is 36.6 Å². The molecule has 0 spiro atoms. The summed E-state index contributed by atoms with van der Waals surface area (Å²) in [5, 5.41) is 2.32. The molecule has 1 heterocycles. The second-order valence-electron chi connectivity index (χ2n) is 4.37. The average molecular weight is 270 g/mol. The molecule has 0 bridgehead atoms. The van der Waals surface area contributed by atoms with Gasteiger partial charge in [-0.3, -0.25) is 0 Å². The largest absolute Gasteiger partial charge is 0.457 e. The summed E-state index contributed by atoms with van der Waals surface area (Å²) in [5.74, 6) is 1.51. The fourth-order valence-electron chi connectivity index (χ4n) is 1.97. The molecule has 2 aromatic carbocycles. The van der Waals surface area contributed by atoms with Crippen molar-refractivity contribution in [2.24, 2.45) is 0 Å². The van der Waals surface area contributed by atoms with E-state index < -0.39 is 0 Å². The highest BCUT2D eigenvalue weighted by Crippen LogP contribution is 2.33. The van der Waals surface area contributed by atoms with Crippen LogP contribution in [-0.2, 0) is 0 Å². The van der Waals surface area contributed by atoms with Crippen LogP contribution >= 0.6 is 11.6 Å².